The second-order valence-corrected chi connectivity index (χ2v) is 29.4. The van der Waals surface area contributed by atoms with Crippen molar-refractivity contribution < 1.29 is 163 Å². The van der Waals surface area contributed by atoms with Crippen LogP contribution < -0.4 is 21.9 Å². The van der Waals surface area contributed by atoms with E-state index in [1.165, 1.54) is 46.2 Å². The number of aliphatic hydroxyl groups is 19. The van der Waals surface area contributed by atoms with Gasteiger partial charge in [0.05, 0.1) is 75.4 Å². The van der Waals surface area contributed by atoms with E-state index in [1.54, 1.807) is 22.9 Å². The summed E-state index contributed by atoms with van der Waals surface area (Å²) in [4.78, 5) is 9.56. The Morgan fingerprint density at radius 3 is 0.881 bits per heavy atom. The highest BCUT2D eigenvalue weighted by atomic mass is 32.2. The van der Waals surface area contributed by atoms with Crippen molar-refractivity contribution >= 4 is 63.3 Å². The summed E-state index contributed by atoms with van der Waals surface area (Å²) in [5.41, 5.74) is 5.66. The van der Waals surface area contributed by atoms with Gasteiger partial charge < -0.3 is 179 Å². The molecule has 24 aliphatic heterocycles. The Morgan fingerprint density at radius 1 is 0.356 bits per heavy atom. The van der Waals surface area contributed by atoms with E-state index < -0.39 is 248 Å². The first-order valence-corrected chi connectivity index (χ1v) is 36.5. The maximum absolute atomic E-state index is 12.1. The molecule has 0 spiro atoms. The lowest BCUT2D eigenvalue weighted by atomic mass is 9.95. The third kappa shape index (κ3) is 16.8. The molecular formula is C58H86N6O33S4. The Morgan fingerprint density at radius 2 is 0.614 bits per heavy atom. The molecule has 101 heavy (non-hydrogen) atoms. The van der Waals surface area contributed by atoms with Crippen LogP contribution in [0.1, 0.15) is 21.4 Å². The summed E-state index contributed by atoms with van der Waals surface area (Å²) in [5.74, 6) is 5.89. The van der Waals surface area contributed by atoms with Gasteiger partial charge in [0.25, 0.3) is 0 Å². The van der Waals surface area contributed by atoms with Gasteiger partial charge in [-0.3, -0.25) is 5.84 Å². The molecule has 26 heterocycles. The highest BCUT2D eigenvalue weighted by Crippen LogP contribution is 2.41. The molecule has 39 nitrogen and oxygen atoms in total. The Bertz CT molecular complexity index is 3100. The predicted molar refractivity (Wildman–Crippen MR) is 340 cm³/mol. The Labute approximate surface area is 590 Å². The number of nitrogen functional groups attached to an aromatic ring is 1. The van der Waals surface area contributed by atoms with Gasteiger partial charge in [-0.1, -0.05) is 0 Å². The predicted octanol–water partition coefficient (Wildman–Crippen LogP) is -9.61. The number of rotatable bonds is 6. The zero-order valence-electron chi connectivity index (χ0n) is 53.2. The number of hydrogen-bond donors (Lipinski definition) is 23. The van der Waals surface area contributed by atoms with Gasteiger partial charge in [-0.2, -0.15) is 23.5 Å². The molecule has 27 rings (SSSR count). The van der Waals surface area contributed by atoms with E-state index in [1.807, 2.05) is 6.07 Å². The van der Waals surface area contributed by atoms with Crippen LogP contribution in [-0.2, 0) is 90.9 Å². The Hall–Kier alpha value is -2.78. The summed E-state index contributed by atoms with van der Waals surface area (Å²) < 4.78 is 84.3. The van der Waals surface area contributed by atoms with Gasteiger partial charge in [-0.05, 0) is 18.2 Å². The molecule has 1 aromatic carbocycles. The largest absolute Gasteiger partial charge is 0.394 e. The summed E-state index contributed by atoms with van der Waals surface area (Å²) in [6, 6.07) is 5.39. The van der Waals surface area contributed by atoms with Crippen molar-refractivity contribution in [3.05, 3.63) is 50.4 Å². The lowest BCUT2D eigenvalue weighted by molar-refractivity contribution is -0.395. The minimum atomic E-state index is -2.21. The van der Waals surface area contributed by atoms with Gasteiger partial charge in [0, 0.05) is 45.1 Å². The maximum Gasteiger partial charge on any atom is 0.187 e. The lowest BCUT2D eigenvalue weighted by Gasteiger charge is -2.50. The van der Waals surface area contributed by atoms with Crippen molar-refractivity contribution in [3.63, 3.8) is 0 Å². The number of thiazole rings is 2. The van der Waals surface area contributed by atoms with Crippen molar-refractivity contribution in [2.75, 3.05) is 60.6 Å². The Kier molecular flexibility index (Phi) is 26.4. The summed E-state index contributed by atoms with van der Waals surface area (Å²) in [7, 11) is 0. The summed E-state index contributed by atoms with van der Waals surface area (Å²) >= 11 is 5.00. The number of thioether (sulfide) groups is 2. The minimum absolute atomic E-state index is 0.172. The fourth-order valence-corrected chi connectivity index (χ4v) is 16.8. The number of nitrogens with zero attached hydrogens (tertiary/aromatic N) is 2. The van der Waals surface area contributed by atoms with E-state index in [2.05, 4.69) is 16.1 Å². The highest BCUT2D eigenvalue weighted by Gasteiger charge is 2.60. The number of ether oxygens (including phenoxy) is 14. The van der Waals surface area contributed by atoms with Gasteiger partial charge in [-0.15, -0.1) is 22.7 Å². The van der Waals surface area contributed by atoms with Crippen LogP contribution in [0.25, 0.3) is 0 Å². The fraction of sp³-hybridized carbons (Fsp3) is 0.793. The maximum atomic E-state index is 12.1. The minimum Gasteiger partial charge on any atom is -0.394 e. The molecule has 43 heteroatoms. The van der Waals surface area contributed by atoms with Crippen molar-refractivity contribution in [3.8, 4) is 0 Å². The van der Waals surface area contributed by atoms with E-state index in [-0.39, 0.29) is 36.1 Å². The molecule has 35 atom stereocenters. The molecule has 3 aromatic rings. The number of nitrogens with two attached hydrogens (primary N) is 1. The molecule has 21 saturated heterocycles. The van der Waals surface area contributed by atoms with E-state index in [9.17, 15) is 97.0 Å². The molecule has 24 aliphatic rings. The van der Waals surface area contributed by atoms with Gasteiger partial charge in [-0.25, -0.2) is 9.97 Å². The van der Waals surface area contributed by atoms with E-state index >= 15 is 0 Å². The number of aromatic nitrogens is 2. The standard InChI is InChI=1S/C58H86N6O33S4/c59-64-19-2-17-1-18(3-19)61-5-30-63-21(14-101-30)12-99-16-28-51-36(75)43(82)57(89-28)94-48-25(9-68)85-53(39(78)32(48)71)91-45-22(6-65)84-52(38(77)31(45)70)92-46-23(7-66)87-55(41(80)34(46)73)96-50-27(15-98-11-20-13-100-29(62-20)4-60-17)90-58(44(83)37(50)76)95-49-26(10-69)86-54(40(79)33(49)72)93-47-24(8-67)88-56(97-51)42(81)35(47)74/h1-3,13-14,22-28,31-58,60-61,64-83H,4-12,15-16,59H2/t22-,23-,24-,25-,26-,27-,28-,31?,32?,33?,34?,35?,36?,37?,38?,39?,40?,41?,42?,43?,44?,45-,46-,47-,48-,49-,50-,51-,52-,53-,54-,55-,56-,57-,58-/m1/s1. The SMILES string of the molecule is NNc1cc2cc(c1)NCc1nc(cs1)CSC[C@H]1O[C@@H]3O[C@H]4C(O)C(O)[C@H](O[C@@H]4CO)O[C@H]4C(O)C(O)[C@H](O[C@@H]4CO)O[C@H]4C(O)C(O)[C@H](O[C@@H]4CO)O[C@H]4C(O)C(O)[C@H](O[C@@H]4CSCc4csc(n4)CN2)O[C@H]2C(O)C(O)[C@H](O[C@@H]2CO)O[C@H]2C(O)C(O)[C@H](O[C@@H]2CO)O[C@H]1C(O)C3O. The van der Waals surface area contributed by atoms with E-state index in [0.29, 0.717) is 38.5 Å². The van der Waals surface area contributed by atoms with Crippen LogP contribution in [0.3, 0.4) is 0 Å². The average molecular weight is 1520 g/mol. The van der Waals surface area contributed by atoms with Gasteiger partial charge >= 0.3 is 0 Å². The van der Waals surface area contributed by atoms with Crippen LogP contribution in [0.4, 0.5) is 17.1 Å². The number of aliphatic hydroxyl groups excluding tert-OH is 19. The molecule has 570 valence electrons. The highest BCUT2D eigenvalue weighted by molar-refractivity contribution is 7.98. The fourth-order valence-electron chi connectivity index (χ4n) is 13.2. The second-order valence-electron chi connectivity index (χ2n) is 25.4. The second kappa shape index (κ2) is 34.2. The topological polar surface area (TPSA) is 601 Å². The molecule has 0 radical (unpaired) electrons. The van der Waals surface area contributed by atoms with Crippen LogP contribution in [0.2, 0.25) is 0 Å². The van der Waals surface area contributed by atoms with Crippen molar-refractivity contribution in [2.24, 2.45) is 5.84 Å². The monoisotopic (exact) mass is 1520 g/mol. The molecule has 24 N–H and O–H groups in total. The molecule has 21 fully saturated rings. The van der Waals surface area contributed by atoms with Gasteiger partial charge in [0.1, 0.15) is 169 Å². The zero-order chi connectivity index (χ0) is 71.8. The average Bonchev–Trinajstić information content (AvgIpc) is 0.915. The summed E-state index contributed by atoms with van der Waals surface area (Å²) in [6.07, 6.45) is -68.9. The number of hydrogen-bond acceptors (Lipinski definition) is 43. The third-order valence-electron chi connectivity index (χ3n) is 18.7. The molecular weight excluding hydrogens is 1440 g/mol. The molecule has 0 aliphatic carbocycles. The van der Waals surface area contributed by atoms with Crippen molar-refractivity contribution in [2.45, 2.75) is 240 Å². The van der Waals surface area contributed by atoms with Crippen molar-refractivity contribution in [1.82, 2.24) is 9.97 Å². The number of hydrazine groups is 1. The van der Waals surface area contributed by atoms with Crippen LogP contribution in [0.15, 0.2) is 29.0 Å². The molecule has 2 aromatic heterocycles. The quantitative estimate of drug-likeness (QED) is 0.0805. The van der Waals surface area contributed by atoms with Crippen LogP contribution in [-0.4, -0.2) is 366 Å². The number of anilines is 3. The van der Waals surface area contributed by atoms with Crippen LogP contribution >= 0.6 is 46.2 Å². The molecule has 0 amide bonds. The normalized spacial score (nSPS) is 46.2. The molecule has 0 saturated carbocycles. The first-order valence-electron chi connectivity index (χ1n) is 32.4. The van der Waals surface area contributed by atoms with E-state index in [0.717, 1.165) is 0 Å². The molecule has 14 unspecified atom stereocenters. The molecule has 22 bridgehead atoms. The smallest absolute Gasteiger partial charge is 0.187 e. The first kappa shape index (κ1) is 77.8. The lowest BCUT2D eigenvalue weighted by Crippen LogP contribution is -2.68. The third-order valence-corrected chi connectivity index (χ3v) is 22.6. The van der Waals surface area contributed by atoms with Crippen LogP contribution in [0.5, 0.6) is 0 Å². The summed E-state index contributed by atoms with van der Waals surface area (Å²) in [6.45, 7) is -4.65. The van der Waals surface area contributed by atoms with Crippen molar-refractivity contribution in [1.29, 1.82) is 0 Å². The number of benzene rings is 1. The van der Waals surface area contributed by atoms with Gasteiger partial charge in [0.2, 0.25) is 0 Å². The van der Waals surface area contributed by atoms with Crippen LogP contribution in [0, 0.1) is 0 Å². The van der Waals surface area contributed by atoms with Gasteiger partial charge in [0.15, 0.2) is 44.0 Å². The zero-order valence-corrected chi connectivity index (χ0v) is 56.5. The Balaban J connectivity index is 0.904. The number of nitrogens with one attached hydrogen (secondary N) is 3. The summed E-state index contributed by atoms with van der Waals surface area (Å²) in [5, 5.41) is 230. The first-order chi connectivity index (χ1) is 48.5. The van der Waals surface area contributed by atoms with E-state index in [4.69, 9.17) is 82.1 Å².